The lowest BCUT2D eigenvalue weighted by atomic mass is 9.77. The molecule has 0 N–H and O–H groups in total. The number of amidine groups is 1. The molecule has 2 heterocycles. The zero-order valence-corrected chi connectivity index (χ0v) is 32.0. The minimum absolute atomic E-state index is 0.0805. The van der Waals surface area contributed by atoms with E-state index in [2.05, 4.69) is 89.6 Å². The van der Waals surface area contributed by atoms with Gasteiger partial charge in [0, 0.05) is 16.5 Å². The van der Waals surface area contributed by atoms with Crippen molar-refractivity contribution in [1.29, 1.82) is 0 Å². The van der Waals surface area contributed by atoms with Gasteiger partial charge in [-0.25, -0.2) is 4.99 Å². The fourth-order valence-corrected chi connectivity index (χ4v) is 7.68. The van der Waals surface area contributed by atoms with Gasteiger partial charge in [0.05, 0.1) is 6.54 Å². The fourth-order valence-electron chi connectivity index (χ4n) is 7.28. The van der Waals surface area contributed by atoms with Crippen LogP contribution in [-0.2, 0) is 16.9 Å². The first kappa shape index (κ1) is 35.8. The van der Waals surface area contributed by atoms with Crippen molar-refractivity contribution in [3.8, 4) is 22.5 Å². The summed E-state index contributed by atoms with van der Waals surface area (Å²) < 4.78 is 0.926. The van der Waals surface area contributed by atoms with E-state index in [1.807, 2.05) is 108 Å². The van der Waals surface area contributed by atoms with Crippen LogP contribution in [-0.4, -0.2) is 36.8 Å². The maximum Gasteiger partial charge on any atom is 0.278 e. The number of carbonyl (C=O) groups excluding carboxylic acids is 1. The quantitative estimate of drug-likeness (QED) is 0.0913. The molecule has 0 fully saturated rings. The van der Waals surface area contributed by atoms with Gasteiger partial charge >= 0.3 is 0 Å². The molecule has 0 bridgehead atoms. The van der Waals surface area contributed by atoms with E-state index in [1.165, 1.54) is 0 Å². The van der Waals surface area contributed by atoms with Crippen LogP contribution < -0.4 is 0 Å². The van der Waals surface area contributed by atoms with Crippen molar-refractivity contribution in [2.75, 3.05) is 0 Å². The molecule has 0 spiro atoms. The van der Waals surface area contributed by atoms with E-state index in [9.17, 15) is 4.79 Å². The second kappa shape index (κ2) is 16.0. The minimum atomic E-state index is -0.870. The number of halogens is 1. The molecule has 7 nitrogen and oxygen atoms in total. The molecular weight excluding hydrogens is 744 g/mol. The van der Waals surface area contributed by atoms with Crippen molar-refractivity contribution >= 4 is 33.7 Å². The van der Waals surface area contributed by atoms with E-state index < -0.39 is 5.54 Å². The van der Waals surface area contributed by atoms with E-state index in [0.717, 1.165) is 74.1 Å². The highest BCUT2D eigenvalue weighted by Crippen LogP contribution is 2.40. The molecule has 55 heavy (non-hydrogen) atoms. The Morgan fingerprint density at radius 1 is 0.673 bits per heavy atom. The normalized spacial score (nSPS) is 13.7. The molecule has 0 unspecified atom stereocenters. The van der Waals surface area contributed by atoms with Crippen LogP contribution in [0.1, 0.15) is 54.0 Å². The molecular formula is C47H39BrN6O. The number of hydrogen-bond acceptors (Lipinski definition) is 5. The van der Waals surface area contributed by atoms with Crippen molar-refractivity contribution in [3.05, 3.63) is 202 Å². The van der Waals surface area contributed by atoms with E-state index in [-0.39, 0.29) is 5.91 Å². The molecule has 270 valence electrons. The number of hydrogen-bond donors (Lipinski definition) is 0. The SMILES string of the molecule is CCCCC1=N/C(=C\c2ccccc2Br)C(=O)N1Cc1ccc(-c2ccccc2-c2nnn(C(c3ccccc3)(c3ccccc3)c3ccccc3)n2)cc1. The van der Waals surface area contributed by atoms with Crippen molar-refractivity contribution in [2.45, 2.75) is 38.3 Å². The second-order valence-electron chi connectivity index (χ2n) is 13.5. The van der Waals surface area contributed by atoms with Crippen molar-refractivity contribution in [3.63, 3.8) is 0 Å². The van der Waals surface area contributed by atoms with E-state index in [1.54, 1.807) is 4.80 Å². The summed E-state index contributed by atoms with van der Waals surface area (Å²) in [5.74, 6) is 1.25. The average molecular weight is 784 g/mol. The highest BCUT2D eigenvalue weighted by Gasteiger charge is 2.41. The lowest BCUT2D eigenvalue weighted by Crippen LogP contribution is -2.39. The van der Waals surface area contributed by atoms with Gasteiger partial charge in [-0.05, 0) is 62.7 Å². The van der Waals surface area contributed by atoms with Gasteiger partial charge in [-0.1, -0.05) is 187 Å². The van der Waals surface area contributed by atoms with Gasteiger partial charge < -0.3 is 0 Å². The Hall–Kier alpha value is -6.25. The topological polar surface area (TPSA) is 76.3 Å². The molecule has 0 saturated heterocycles. The predicted octanol–water partition coefficient (Wildman–Crippen LogP) is 10.6. The van der Waals surface area contributed by atoms with Crippen LogP contribution >= 0.6 is 15.9 Å². The third-order valence-electron chi connectivity index (χ3n) is 10.0. The van der Waals surface area contributed by atoms with Crippen molar-refractivity contribution in [2.24, 2.45) is 4.99 Å². The number of carbonyl (C=O) groups is 1. The number of amides is 1. The highest BCUT2D eigenvalue weighted by atomic mass is 79.9. The molecule has 1 aliphatic heterocycles. The minimum Gasteiger partial charge on any atom is -0.290 e. The van der Waals surface area contributed by atoms with E-state index >= 15 is 0 Å². The number of benzene rings is 6. The van der Waals surface area contributed by atoms with Gasteiger partial charge in [0.15, 0.2) is 5.54 Å². The molecule has 1 aromatic heterocycles. The fraction of sp³-hybridized carbons (Fsp3) is 0.128. The molecule has 0 saturated carbocycles. The zero-order valence-electron chi connectivity index (χ0n) is 30.5. The summed E-state index contributed by atoms with van der Waals surface area (Å²) in [5, 5.41) is 14.7. The molecule has 1 aliphatic rings. The van der Waals surface area contributed by atoms with Gasteiger partial charge in [0.2, 0.25) is 5.82 Å². The first-order chi connectivity index (χ1) is 27.1. The summed E-state index contributed by atoms with van der Waals surface area (Å²) in [6.45, 7) is 2.59. The van der Waals surface area contributed by atoms with Crippen LogP contribution in [0.5, 0.6) is 0 Å². The van der Waals surface area contributed by atoms with Crippen LogP contribution in [0.2, 0.25) is 0 Å². The predicted molar refractivity (Wildman–Crippen MR) is 223 cm³/mol. The molecule has 8 heteroatoms. The summed E-state index contributed by atoms with van der Waals surface area (Å²) in [4.78, 5) is 22.1. The molecule has 6 aromatic carbocycles. The van der Waals surface area contributed by atoms with Crippen LogP contribution in [0.15, 0.2) is 179 Å². The number of unbranched alkanes of at least 4 members (excludes halogenated alkanes) is 1. The molecule has 8 rings (SSSR count). The van der Waals surface area contributed by atoms with E-state index in [4.69, 9.17) is 20.4 Å². The third-order valence-corrected chi connectivity index (χ3v) is 10.8. The second-order valence-corrected chi connectivity index (χ2v) is 14.4. The number of rotatable bonds is 12. The summed E-state index contributed by atoms with van der Waals surface area (Å²) in [6, 6.07) is 55.4. The molecule has 0 aliphatic carbocycles. The standard InChI is InChI=1S/C47H39BrN6O/c1-2-3-27-44-49-43(32-36-17-13-16-26-42(36)48)46(55)53(44)33-34-28-30-35(31-29-34)40-24-14-15-25-41(40)45-50-52-54(51-45)47(37-18-7-4-8-19-37,38-20-9-5-10-21-38)39-22-11-6-12-23-39/h4-26,28-32H,2-3,27,33H2,1H3/b43-32-. The molecule has 7 aromatic rings. The number of aliphatic imine (C=N–C) groups is 1. The van der Waals surface area contributed by atoms with Gasteiger partial charge in [-0.2, -0.15) is 0 Å². The Morgan fingerprint density at radius 2 is 1.24 bits per heavy atom. The maximum absolute atomic E-state index is 13.7. The first-order valence-electron chi connectivity index (χ1n) is 18.6. The average Bonchev–Trinajstić information content (AvgIpc) is 3.84. The summed E-state index contributed by atoms with van der Waals surface area (Å²) in [7, 11) is 0. The Balaban J connectivity index is 1.12. The lowest BCUT2D eigenvalue weighted by molar-refractivity contribution is -0.123. The van der Waals surface area contributed by atoms with Crippen LogP contribution in [0, 0.1) is 0 Å². The van der Waals surface area contributed by atoms with Crippen LogP contribution in [0.25, 0.3) is 28.6 Å². The zero-order chi connectivity index (χ0) is 37.6. The summed E-state index contributed by atoms with van der Waals surface area (Å²) in [5.41, 5.74) is 7.47. The first-order valence-corrected chi connectivity index (χ1v) is 19.4. The number of nitrogens with zero attached hydrogens (tertiary/aromatic N) is 6. The van der Waals surface area contributed by atoms with Crippen LogP contribution in [0.3, 0.4) is 0 Å². The van der Waals surface area contributed by atoms with Gasteiger partial charge in [0.1, 0.15) is 11.5 Å². The highest BCUT2D eigenvalue weighted by molar-refractivity contribution is 9.10. The molecule has 0 atom stereocenters. The van der Waals surface area contributed by atoms with Crippen molar-refractivity contribution in [1.82, 2.24) is 25.1 Å². The molecule has 1 amide bonds. The smallest absolute Gasteiger partial charge is 0.278 e. The Bertz CT molecular complexity index is 2380. The Kier molecular flexibility index (Phi) is 10.4. The number of tetrazole rings is 1. The third kappa shape index (κ3) is 7.09. The maximum atomic E-state index is 13.7. The summed E-state index contributed by atoms with van der Waals surface area (Å²) in [6.07, 6.45) is 4.59. The van der Waals surface area contributed by atoms with Crippen molar-refractivity contribution < 1.29 is 4.79 Å². The summed E-state index contributed by atoms with van der Waals surface area (Å²) >= 11 is 3.60. The number of aromatic nitrogens is 4. The van der Waals surface area contributed by atoms with Gasteiger partial charge in [-0.15, -0.1) is 15.0 Å². The largest absolute Gasteiger partial charge is 0.290 e. The Labute approximate surface area is 329 Å². The van der Waals surface area contributed by atoms with Gasteiger partial charge in [0.25, 0.3) is 5.91 Å². The van der Waals surface area contributed by atoms with Gasteiger partial charge in [-0.3, -0.25) is 9.69 Å². The Morgan fingerprint density at radius 3 is 1.84 bits per heavy atom. The lowest BCUT2D eigenvalue weighted by Gasteiger charge is -2.34. The molecule has 0 radical (unpaired) electrons. The monoisotopic (exact) mass is 782 g/mol. The van der Waals surface area contributed by atoms with Crippen LogP contribution in [0.4, 0.5) is 0 Å². The van der Waals surface area contributed by atoms with E-state index in [0.29, 0.717) is 18.1 Å².